The molecule has 122 valence electrons. The molecule has 2 aromatic carbocycles. The number of nitrogens with zero attached hydrogens (tertiary/aromatic N) is 1. The molecule has 0 heterocycles. The van der Waals surface area contributed by atoms with Crippen LogP contribution in [0.25, 0.3) is 0 Å². The zero-order valence-electron chi connectivity index (χ0n) is 12.9. The number of hydrogen-bond acceptors (Lipinski definition) is 3. The van der Waals surface area contributed by atoms with E-state index in [1.807, 2.05) is 0 Å². The second-order valence-electron chi connectivity index (χ2n) is 5.12. The van der Waals surface area contributed by atoms with Gasteiger partial charge in [-0.25, -0.2) is 4.39 Å². The quantitative estimate of drug-likeness (QED) is 0.856. The summed E-state index contributed by atoms with van der Waals surface area (Å²) in [6.07, 6.45) is -0.166. The number of hydrogen-bond donors (Lipinski definition) is 2. The number of halogens is 1. The van der Waals surface area contributed by atoms with Crippen LogP contribution in [-0.4, -0.2) is 11.8 Å². The molecule has 0 radical (unpaired) electrons. The maximum atomic E-state index is 13.2. The van der Waals surface area contributed by atoms with Crippen molar-refractivity contribution in [3.8, 4) is 6.07 Å². The number of rotatable bonds is 6. The molecule has 0 spiro atoms. The van der Waals surface area contributed by atoms with Crippen molar-refractivity contribution in [3.05, 3.63) is 65.5 Å². The van der Waals surface area contributed by atoms with Crippen LogP contribution in [0.1, 0.15) is 17.5 Å². The van der Waals surface area contributed by atoms with Crippen LogP contribution in [0.4, 0.5) is 10.1 Å². The van der Waals surface area contributed by atoms with E-state index in [4.69, 9.17) is 5.26 Å². The molecule has 0 fully saturated rings. The van der Waals surface area contributed by atoms with Gasteiger partial charge in [-0.3, -0.25) is 9.59 Å². The van der Waals surface area contributed by atoms with E-state index in [2.05, 4.69) is 10.6 Å². The fourth-order valence-corrected chi connectivity index (χ4v) is 2.15. The summed E-state index contributed by atoms with van der Waals surface area (Å²) < 4.78 is 13.2. The fourth-order valence-electron chi connectivity index (χ4n) is 2.15. The Balaban J connectivity index is 2.00. The highest BCUT2D eigenvalue weighted by atomic mass is 19.1. The van der Waals surface area contributed by atoms with Gasteiger partial charge in [-0.15, -0.1) is 0 Å². The predicted octanol–water partition coefficient (Wildman–Crippen LogP) is 2.54. The number of para-hydroxylation sites is 1. The van der Waals surface area contributed by atoms with Crippen LogP contribution in [0.15, 0.2) is 48.5 Å². The molecule has 0 aliphatic heterocycles. The van der Waals surface area contributed by atoms with Gasteiger partial charge in [0.05, 0.1) is 12.5 Å². The zero-order valence-corrected chi connectivity index (χ0v) is 12.9. The molecule has 0 aliphatic rings. The maximum Gasteiger partial charge on any atom is 0.234 e. The normalized spacial score (nSPS) is 9.83. The molecular formula is C18H16FN3O2. The molecular weight excluding hydrogens is 309 g/mol. The number of nitriles is 1. The standard InChI is InChI=1S/C18H16FN3O2/c19-15-6-3-4-13(10-15)11-18(24)22-16-7-2-1-5-14(16)12-21-17(23)8-9-20/h1-7,10H,8,11-12H2,(H,21,23)(H,22,24). The highest BCUT2D eigenvalue weighted by Crippen LogP contribution is 2.15. The van der Waals surface area contributed by atoms with Gasteiger partial charge in [0.15, 0.2) is 0 Å². The Kier molecular flexibility index (Phi) is 6.03. The lowest BCUT2D eigenvalue weighted by molar-refractivity contribution is -0.120. The number of benzene rings is 2. The first-order valence-electron chi connectivity index (χ1n) is 7.34. The van der Waals surface area contributed by atoms with E-state index in [9.17, 15) is 14.0 Å². The van der Waals surface area contributed by atoms with Crippen LogP contribution in [0.5, 0.6) is 0 Å². The summed E-state index contributed by atoms with van der Waals surface area (Å²) >= 11 is 0. The summed E-state index contributed by atoms with van der Waals surface area (Å²) in [4.78, 5) is 23.5. The van der Waals surface area contributed by atoms with Crippen molar-refractivity contribution in [2.45, 2.75) is 19.4 Å². The Morgan fingerprint density at radius 3 is 2.62 bits per heavy atom. The van der Waals surface area contributed by atoms with Crippen molar-refractivity contribution < 1.29 is 14.0 Å². The van der Waals surface area contributed by atoms with Gasteiger partial charge >= 0.3 is 0 Å². The van der Waals surface area contributed by atoms with Gasteiger partial charge in [-0.05, 0) is 29.3 Å². The summed E-state index contributed by atoms with van der Waals surface area (Å²) in [5, 5.41) is 13.8. The maximum absolute atomic E-state index is 13.2. The number of carbonyl (C=O) groups is 2. The van der Waals surface area contributed by atoms with Crippen LogP contribution in [-0.2, 0) is 22.6 Å². The lowest BCUT2D eigenvalue weighted by Gasteiger charge is -2.11. The minimum absolute atomic E-state index is 0.0485. The van der Waals surface area contributed by atoms with Gasteiger partial charge in [0.2, 0.25) is 11.8 Å². The first-order chi connectivity index (χ1) is 11.6. The summed E-state index contributed by atoms with van der Waals surface area (Å²) in [5.74, 6) is -1.05. The molecule has 0 bridgehead atoms. The van der Waals surface area contributed by atoms with Crippen LogP contribution in [0, 0.1) is 17.1 Å². The second-order valence-corrected chi connectivity index (χ2v) is 5.12. The summed E-state index contributed by atoms with van der Waals surface area (Å²) in [5.41, 5.74) is 1.86. The first kappa shape index (κ1) is 17.2. The van der Waals surface area contributed by atoms with Crippen LogP contribution < -0.4 is 10.6 Å². The van der Waals surface area contributed by atoms with Gasteiger partial charge in [0.25, 0.3) is 0 Å². The van der Waals surface area contributed by atoms with Gasteiger partial charge in [0.1, 0.15) is 12.2 Å². The van der Waals surface area contributed by atoms with Crippen molar-refractivity contribution >= 4 is 17.5 Å². The van der Waals surface area contributed by atoms with Crippen molar-refractivity contribution in [3.63, 3.8) is 0 Å². The van der Waals surface area contributed by atoms with E-state index in [1.54, 1.807) is 42.5 Å². The van der Waals surface area contributed by atoms with Gasteiger partial charge in [-0.2, -0.15) is 5.26 Å². The molecule has 24 heavy (non-hydrogen) atoms. The highest BCUT2D eigenvalue weighted by Gasteiger charge is 2.09. The Morgan fingerprint density at radius 2 is 1.88 bits per heavy atom. The molecule has 2 amide bonds. The fraction of sp³-hybridized carbons (Fsp3) is 0.167. The molecule has 0 atom stereocenters. The first-order valence-corrected chi connectivity index (χ1v) is 7.34. The van der Waals surface area contributed by atoms with Crippen molar-refractivity contribution in [1.82, 2.24) is 5.32 Å². The minimum atomic E-state index is -0.388. The number of amides is 2. The minimum Gasteiger partial charge on any atom is -0.351 e. The lowest BCUT2D eigenvalue weighted by Crippen LogP contribution is -2.23. The third-order valence-corrected chi connectivity index (χ3v) is 3.26. The summed E-state index contributed by atoms with van der Waals surface area (Å²) in [7, 11) is 0. The Labute approximate surface area is 139 Å². The Bertz CT molecular complexity index is 784. The largest absolute Gasteiger partial charge is 0.351 e. The van der Waals surface area contributed by atoms with Crippen LogP contribution >= 0.6 is 0 Å². The van der Waals surface area contributed by atoms with E-state index < -0.39 is 0 Å². The second kappa shape index (κ2) is 8.44. The SMILES string of the molecule is N#CCC(=O)NCc1ccccc1NC(=O)Cc1cccc(F)c1. The smallest absolute Gasteiger partial charge is 0.234 e. The Hall–Kier alpha value is -3.20. The molecule has 6 heteroatoms. The topological polar surface area (TPSA) is 82.0 Å². The highest BCUT2D eigenvalue weighted by molar-refractivity contribution is 5.93. The van der Waals surface area contributed by atoms with E-state index in [0.717, 1.165) is 5.56 Å². The van der Waals surface area contributed by atoms with Gasteiger partial charge in [-0.1, -0.05) is 30.3 Å². The lowest BCUT2D eigenvalue weighted by atomic mass is 10.1. The number of anilines is 1. The van der Waals surface area contributed by atoms with E-state index in [0.29, 0.717) is 11.3 Å². The average Bonchev–Trinajstić information content (AvgIpc) is 2.54. The third kappa shape index (κ3) is 5.21. The summed E-state index contributed by atoms with van der Waals surface area (Å²) in [6, 6.07) is 14.7. The molecule has 2 N–H and O–H groups in total. The number of nitrogens with one attached hydrogen (secondary N) is 2. The molecule has 5 nitrogen and oxygen atoms in total. The molecule has 2 aromatic rings. The molecule has 0 unspecified atom stereocenters. The van der Waals surface area contributed by atoms with Gasteiger partial charge in [0, 0.05) is 12.2 Å². The monoisotopic (exact) mass is 325 g/mol. The average molecular weight is 325 g/mol. The molecule has 0 saturated heterocycles. The van der Waals surface area contributed by atoms with Crippen molar-refractivity contribution in [2.24, 2.45) is 0 Å². The van der Waals surface area contributed by atoms with E-state index in [-0.39, 0.29) is 37.0 Å². The van der Waals surface area contributed by atoms with Crippen LogP contribution in [0.3, 0.4) is 0 Å². The van der Waals surface area contributed by atoms with Crippen LogP contribution in [0.2, 0.25) is 0 Å². The van der Waals surface area contributed by atoms with Crippen molar-refractivity contribution in [2.75, 3.05) is 5.32 Å². The van der Waals surface area contributed by atoms with E-state index >= 15 is 0 Å². The summed E-state index contributed by atoms with van der Waals surface area (Å²) in [6.45, 7) is 0.205. The molecule has 2 rings (SSSR count). The molecule has 0 aromatic heterocycles. The molecule has 0 saturated carbocycles. The van der Waals surface area contributed by atoms with Crippen molar-refractivity contribution in [1.29, 1.82) is 5.26 Å². The molecule has 0 aliphatic carbocycles. The van der Waals surface area contributed by atoms with E-state index in [1.165, 1.54) is 12.1 Å². The Morgan fingerprint density at radius 1 is 1.08 bits per heavy atom. The number of carbonyl (C=O) groups excluding carboxylic acids is 2. The third-order valence-electron chi connectivity index (χ3n) is 3.26. The zero-order chi connectivity index (χ0) is 17.4. The van der Waals surface area contributed by atoms with Gasteiger partial charge < -0.3 is 10.6 Å². The predicted molar refractivity (Wildman–Crippen MR) is 87.3 cm³/mol.